The van der Waals surface area contributed by atoms with E-state index in [1.54, 1.807) is 0 Å². The molecule has 1 fully saturated rings. The zero-order valence-electron chi connectivity index (χ0n) is 13.3. The molecular formula is C16H34N2. The van der Waals surface area contributed by atoms with E-state index >= 15 is 0 Å². The normalized spacial score (nSPS) is 21.7. The topological polar surface area (TPSA) is 15.3 Å². The Bertz CT molecular complexity index is 221. The molecule has 1 N–H and O–H groups in total. The molecule has 1 saturated heterocycles. The van der Waals surface area contributed by atoms with Crippen molar-refractivity contribution >= 4 is 0 Å². The highest BCUT2D eigenvalue weighted by atomic mass is 15.2. The lowest BCUT2D eigenvalue weighted by Gasteiger charge is -2.27. The number of rotatable bonds is 8. The maximum Gasteiger partial charge on any atom is 0.00384 e. The summed E-state index contributed by atoms with van der Waals surface area (Å²) < 4.78 is 0. The van der Waals surface area contributed by atoms with E-state index in [0.29, 0.717) is 5.41 Å². The molecular weight excluding hydrogens is 220 g/mol. The number of hydrogen-bond acceptors (Lipinski definition) is 2. The highest BCUT2D eigenvalue weighted by Crippen LogP contribution is 2.37. The largest absolute Gasteiger partial charge is 0.316 e. The van der Waals surface area contributed by atoms with Gasteiger partial charge in [-0.3, -0.25) is 0 Å². The zero-order chi connectivity index (χ0) is 13.6. The van der Waals surface area contributed by atoms with E-state index in [0.717, 1.165) is 18.4 Å². The van der Waals surface area contributed by atoms with Crippen molar-refractivity contribution < 1.29 is 0 Å². The maximum absolute atomic E-state index is 3.58. The molecule has 0 aromatic carbocycles. The minimum atomic E-state index is 0.630. The van der Waals surface area contributed by atoms with Gasteiger partial charge in [0.1, 0.15) is 0 Å². The van der Waals surface area contributed by atoms with Crippen LogP contribution in [0.1, 0.15) is 53.9 Å². The summed E-state index contributed by atoms with van der Waals surface area (Å²) in [5.74, 6) is 1.53. The molecule has 1 unspecified atom stereocenters. The third-order valence-corrected chi connectivity index (χ3v) is 4.63. The Kier molecular flexibility index (Phi) is 6.65. The summed E-state index contributed by atoms with van der Waals surface area (Å²) in [6.07, 6.45) is 4.10. The number of likely N-dealkylation sites (tertiary alicyclic amines) is 1. The van der Waals surface area contributed by atoms with Gasteiger partial charge in [0, 0.05) is 13.1 Å². The van der Waals surface area contributed by atoms with Gasteiger partial charge in [0.25, 0.3) is 0 Å². The Morgan fingerprint density at radius 2 is 1.78 bits per heavy atom. The predicted molar refractivity (Wildman–Crippen MR) is 80.9 cm³/mol. The Morgan fingerprint density at radius 3 is 2.28 bits per heavy atom. The molecule has 0 aliphatic carbocycles. The van der Waals surface area contributed by atoms with Crippen molar-refractivity contribution in [2.24, 2.45) is 17.3 Å². The molecule has 1 atom stereocenters. The molecule has 0 radical (unpaired) electrons. The van der Waals surface area contributed by atoms with Gasteiger partial charge < -0.3 is 10.2 Å². The van der Waals surface area contributed by atoms with Crippen molar-refractivity contribution in [3.8, 4) is 0 Å². The van der Waals surface area contributed by atoms with Crippen LogP contribution in [0.15, 0.2) is 0 Å². The molecule has 1 heterocycles. The summed E-state index contributed by atoms with van der Waals surface area (Å²) in [5.41, 5.74) is 0.630. The van der Waals surface area contributed by atoms with E-state index in [9.17, 15) is 0 Å². The standard InChI is InChI=1S/C16H34N2/c1-6-16(7-2)8-9-18(13-16)12-15(5)11-17-10-14(3)4/h14-15,17H,6-13H2,1-5H3. The van der Waals surface area contributed by atoms with Gasteiger partial charge in [0.15, 0.2) is 0 Å². The molecule has 2 heteroatoms. The van der Waals surface area contributed by atoms with Gasteiger partial charge in [-0.25, -0.2) is 0 Å². The third kappa shape index (κ3) is 4.89. The van der Waals surface area contributed by atoms with Gasteiger partial charge in [0.2, 0.25) is 0 Å². The molecule has 108 valence electrons. The summed E-state index contributed by atoms with van der Waals surface area (Å²) >= 11 is 0. The molecule has 2 nitrogen and oxygen atoms in total. The van der Waals surface area contributed by atoms with Gasteiger partial charge in [-0.15, -0.1) is 0 Å². The third-order valence-electron chi connectivity index (χ3n) is 4.63. The summed E-state index contributed by atoms with van der Waals surface area (Å²) in [7, 11) is 0. The average Bonchev–Trinajstić information content (AvgIpc) is 2.72. The van der Waals surface area contributed by atoms with Gasteiger partial charge in [0.05, 0.1) is 0 Å². The molecule has 1 rings (SSSR count). The predicted octanol–water partition coefficient (Wildman–Crippen LogP) is 3.38. The highest BCUT2D eigenvalue weighted by molar-refractivity contribution is 4.88. The van der Waals surface area contributed by atoms with Crippen LogP contribution >= 0.6 is 0 Å². The van der Waals surface area contributed by atoms with E-state index in [4.69, 9.17) is 0 Å². The number of nitrogens with zero attached hydrogens (tertiary/aromatic N) is 1. The molecule has 1 aliphatic rings. The van der Waals surface area contributed by atoms with Gasteiger partial charge in [-0.1, -0.05) is 34.6 Å². The summed E-state index contributed by atoms with van der Waals surface area (Å²) in [4.78, 5) is 2.69. The minimum Gasteiger partial charge on any atom is -0.316 e. The molecule has 0 aromatic rings. The second-order valence-corrected chi connectivity index (χ2v) is 6.85. The zero-order valence-corrected chi connectivity index (χ0v) is 13.3. The molecule has 1 aliphatic heterocycles. The van der Waals surface area contributed by atoms with Crippen molar-refractivity contribution in [1.29, 1.82) is 0 Å². The molecule has 0 amide bonds. The van der Waals surface area contributed by atoms with Crippen molar-refractivity contribution in [3.05, 3.63) is 0 Å². The van der Waals surface area contributed by atoms with Crippen LogP contribution in [0.2, 0.25) is 0 Å². The second kappa shape index (κ2) is 7.49. The lowest BCUT2D eigenvalue weighted by atomic mass is 9.82. The maximum atomic E-state index is 3.58. The van der Waals surface area contributed by atoms with E-state index in [2.05, 4.69) is 44.8 Å². The fourth-order valence-corrected chi connectivity index (χ4v) is 3.13. The first kappa shape index (κ1) is 16.0. The lowest BCUT2D eigenvalue weighted by molar-refractivity contribution is 0.220. The van der Waals surface area contributed by atoms with Gasteiger partial charge in [-0.05, 0) is 56.1 Å². The quantitative estimate of drug-likeness (QED) is 0.714. The van der Waals surface area contributed by atoms with Crippen molar-refractivity contribution in [1.82, 2.24) is 10.2 Å². The Morgan fingerprint density at radius 1 is 1.11 bits per heavy atom. The Balaban J connectivity index is 2.23. The molecule has 18 heavy (non-hydrogen) atoms. The van der Waals surface area contributed by atoms with Crippen molar-refractivity contribution in [3.63, 3.8) is 0 Å². The van der Waals surface area contributed by atoms with E-state index in [1.807, 2.05) is 0 Å². The first-order valence-electron chi connectivity index (χ1n) is 7.94. The Hall–Kier alpha value is -0.0800. The summed E-state index contributed by atoms with van der Waals surface area (Å²) in [6, 6.07) is 0. The first-order chi connectivity index (χ1) is 8.51. The SMILES string of the molecule is CCC1(CC)CCN(CC(C)CNCC(C)C)C1. The van der Waals surface area contributed by atoms with Crippen LogP contribution in [0, 0.1) is 17.3 Å². The molecule has 0 bridgehead atoms. The summed E-state index contributed by atoms with van der Waals surface area (Å²) in [5, 5.41) is 3.58. The average molecular weight is 254 g/mol. The highest BCUT2D eigenvalue weighted by Gasteiger charge is 2.34. The van der Waals surface area contributed by atoms with Crippen LogP contribution < -0.4 is 5.32 Å². The second-order valence-electron chi connectivity index (χ2n) is 6.85. The van der Waals surface area contributed by atoms with Crippen LogP contribution in [0.25, 0.3) is 0 Å². The number of nitrogens with one attached hydrogen (secondary N) is 1. The first-order valence-corrected chi connectivity index (χ1v) is 7.94. The van der Waals surface area contributed by atoms with Gasteiger partial charge in [-0.2, -0.15) is 0 Å². The van der Waals surface area contributed by atoms with Crippen LogP contribution in [-0.2, 0) is 0 Å². The monoisotopic (exact) mass is 254 g/mol. The van der Waals surface area contributed by atoms with Gasteiger partial charge >= 0.3 is 0 Å². The summed E-state index contributed by atoms with van der Waals surface area (Å²) in [6.45, 7) is 17.9. The minimum absolute atomic E-state index is 0.630. The van der Waals surface area contributed by atoms with Crippen molar-refractivity contribution in [2.45, 2.75) is 53.9 Å². The van der Waals surface area contributed by atoms with Crippen LogP contribution in [0.3, 0.4) is 0 Å². The van der Waals surface area contributed by atoms with Crippen LogP contribution in [0.5, 0.6) is 0 Å². The molecule has 0 aromatic heterocycles. The van der Waals surface area contributed by atoms with Crippen LogP contribution in [-0.4, -0.2) is 37.6 Å². The number of hydrogen-bond donors (Lipinski definition) is 1. The smallest absolute Gasteiger partial charge is 0.00384 e. The Labute approximate surface area is 115 Å². The lowest BCUT2D eigenvalue weighted by Crippen LogP contribution is -2.34. The van der Waals surface area contributed by atoms with E-state index in [-0.39, 0.29) is 0 Å². The van der Waals surface area contributed by atoms with Crippen molar-refractivity contribution in [2.75, 3.05) is 32.7 Å². The van der Waals surface area contributed by atoms with E-state index < -0.39 is 0 Å². The van der Waals surface area contributed by atoms with E-state index in [1.165, 1.54) is 45.4 Å². The van der Waals surface area contributed by atoms with Crippen LogP contribution in [0.4, 0.5) is 0 Å². The fourth-order valence-electron chi connectivity index (χ4n) is 3.13. The fraction of sp³-hybridized carbons (Fsp3) is 1.00. The molecule has 0 saturated carbocycles. The molecule has 0 spiro atoms.